The third-order valence-corrected chi connectivity index (χ3v) is 13.9. The standard InChI is InChI=1S/C60H37NO2S/c1-3-13-38(14-4-1)40-25-31-43(32-26-40)61(44-33-27-41(28-34-44)39-15-5-2-6-16-39)45-35-29-42(30-36-45)46-19-12-23-53-56(46)51-37-54-57(49-18-7-9-22-52(49)62-54)58(59(51)63-53)50-21-11-20-48-47-17-8-10-24-55(47)64-60(48)50/h1-37H. The van der Waals surface area contributed by atoms with E-state index in [2.05, 4.69) is 223 Å². The molecule has 3 aromatic heterocycles. The van der Waals surface area contributed by atoms with Crippen molar-refractivity contribution in [2.24, 2.45) is 0 Å². The van der Waals surface area contributed by atoms with Crippen LogP contribution in [0.15, 0.2) is 233 Å². The smallest absolute Gasteiger partial charge is 0.144 e. The van der Waals surface area contributed by atoms with Gasteiger partial charge < -0.3 is 13.7 Å². The molecule has 0 spiro atoms. The van der Waals surface area contributed by atoms with Crippen LogP contribution in [0.25, 0.3) is 109 Å². The lowest BCUT2D eigenvalue weighted by atomic mass is 9.93. The number of hydrogen-bond donors (Lipinski definition) is 0. The fourth-order valence-electron chi connectivity index (χ4n) is 9.71. The van der Waals surface area contributed by atoms with Crippen LogP contribution in [-0.2, 0) is 0 Å². The average molecular weight is 836 g/mol. The number of hydrogen-bond acceptors (Lipinski definition) is 4. The molecule has 0 unspecified atom stereocenters. The fourth-order valence-corrected chi connectivity index (χ4v) is 10.9. The maximum absolute atomic E-state index is 7.07. The van der Waals surface area contributed by atoms with Crippen molar-refractivity contribution >= 4 is 92.4 Å². The van der Waals surface area contributed by atoms with E-state index in [0.29, 0.717) is 0 Å². The first-order valence-electron chi connectivity index (χ1n) is 21.7. The molecule has 64 heavy (non-hydrogen) atoms. The van der Waals surface area contributed by atoms with Gasteiger partial charge in [-0.25, -0.2) is 0 Å². The number of benzene rings is 10. The summed E-state index contributed by atoms with van der Waals surface area (Å²) in [4.78, 5) is 2.33. The first-order valence-corrected chi connectivity index (χ1v) is 22.5. The van der Waals surface area contributed by atoms with Crippen molar-refractivity contribution in [1.29, 1.82) is 0 Å². The molecule has 4 heteroatoms. The Hall–Kier alpha value is -8.18. The Morgan fingerprint density at radius 1 is 0.328 bits per heavy atom. The van der Waals surface area contributed by atoms with Crippen molar-refractivity contribution in [3.8, 4) is 44.5 Å². The van der Waals surface area contributed by atoms with Crippen LogP contribution in [0, 0.1) is 0 Å². The minimum atomic E-state index is 0.844. The normalized spacial score (nSPS) is 11.8. The average Bonchev–Trinajstić information content (AvgIpc) is 4.06. The molecular formula is C60H37NO2S. The van der Waals surface area contributed by atoms with E-state index in [-0.39, 0.29) is 0 Å². The van der Waals surface area contributed by atoms with Gasteiger partial charge in [0.15, 0.2) is 0 Å². The van der Waals surface area contributed by atoms with Gasteiger partial charge in [0.1, 0.15) is 22.3 Å². The summed E-state index contributed by atoms with van der Waals surface area (Å²) in [6.45, 7) is 0. The summed E-state index contributed by atoms with van der Waals surface area (Å²) in [5.41, 5.74) is 15.9. The summed E-state index contributed by atoms with van der Waals surface area (Å²) in [6.07, 6.45) is 0. The second-order valence-electron chi connectivity index (χ2n) is 16.4. The molecule has 0 amide bonds. The zero-order valence-corrected chi connectivity index (χ0v) is 35.4. The van der Waals surface area contributed by atoms with E-state index in [1.165, 1.54) is 42.4 Å². The highest BCUT2D eigenvalue weighted by Gasteiger charge is 2.25. The molecule has 13 rings (SSSR count). The van der Waals surface area contributed by atoms with Crippen molar-refractivity contribution in [2.45, 2.75) is 0 Å². The third-order valence-electron chi connectivity index (χ3n) is 12.7. The van der Waals surface area contributed by atoms with Crippen molar-refractivity contribution in [1.82, 2.24) is 0 Å². The Morgan fingerprint density at radius 2 is 0.844 bits per heavy atom. The summed E-state index contributed by atoms with van der Waals surface area (Å²) >= 11 is 1.84. The largest absolute Gasteiger partial charge is 0.456 e. The molecule has 300 valence electrons. The second-order valence-corrected chi connectivity index (χ2v) is 17.4. The van der Waals surface area contributed by atoms with E-state index in [1.807, 2.05) is 17.4 Å². The first-order chi connectivity index (χ1) is 31.7. The fraction of sp³-hybridized carbons (Fsp3) is 0. The maximum atomic E-state index is 7.07. The first kappa shape index (κ1) is 36.5. The molecule has 0 aliphatic rings. The number of para-hydroxylation sites is 1. The molecule has 0 bridgehead atoms. The number of nitrogens with zero attached hydrogens (tertiary/aromatic N) is 1. The highest BCUT2D eigenvalue weighted by Crippen LogP contribution is 2.50. The van der Waals surface area contributed by atoms with Crippen LogP contribution in [0.2, 0.25) is 0 Å². The lowest BCUT2D eigenvalue weighted by Crippen LogP contribution is -2.09. The van der Waals surface area contributed by atoms with Crippen LogP contribution in [0.5, 0.6) is 0 Å². The Labute approximate surface area is 373 Å². The van der Waals surface area contributed by atoms with Gasteiger partial charge in [0.2, 0.25) is 0 Å². The quantitative estimate of drug-likeness (QED) is 0.160. The summed E-state index contributed by atoms with van der Waals surface area (Å²) < 4.78 is 16.3. The van der Waals surface area contributed by atoms with E-state index in [4.69, 9.17) is 8.83 Å². The second kappa shape index (κ2) is 14.7. The molecule has 0 aliphatic heterocycles. The van der Waals surface area contributed by atoms with Crippen LogP contribution in [-0.4, -0.2) is 0 Å². The molecule has 0 N–H and O–H groups in total. The predicted octanol–water partition coefficient (Wildman–Crippen LogP) is 18.0. The lowest BCUT2D eigenvalue weighted by molar-refractivity contribution is 0.664. The van der Waals surface area contributed by atoms with Gasteiger partial charge in [0.05, 0.1) is 0 Å². The highest BCUT2D eigenvalue weighted by atomic mass is 32.1. The van der Waals surface area contributed by atoms with E-state index < -0.39 is 0 Å². The van der Waals surface area contributed by atoms with Gasteiger partial charge in [-0.2, -0.15) is 0 Å². The minimum Gasteiger partial charge on any atom is -0.456 e. The minimum absolute atomic E-state index is 0.844. The monoisotopic (exact) mass is 835 g/mol. The van der Waals surface area contributed by atoms with Gasteiger partial charge >= 0.3 is 0 Å². The Kier molecular flexibility index (Phi) is 8.40. The molecular weight excluding hydrogens is 799 g/mol. The molecule has 13 aromatic rings. The molecule has 10 aromatic carbocycles. The van der Waals surface area contributed by atoms with Crippen LogP contribution in [0.3, 0.4) is 0 Å². The highest BCUT2D eigenvalue weighted by molar-refractivity contribution is 7.26. The van der Waals surface area contributed by atoms with Gasteiger partial charge in [0, 0.05) is 69.9 Å². The van der Waals surface area contributed by atoms with Gasteiger partial charge in [-0.05, 0) is 94.0 Å². The third kappa shape index (κ3) is 5.88. The van der Waals surface area contributed by atoms with Crippen molar-refractivity contribution in [3.05, 3.63) is 224 Å². The summed E-state index contributed by atoms with van der Waals surface area (Å²) in [7, 11) is 0. The SMILES string of the molecule is c1ccc(-c2ccc(N(c3ccc(-c4ccccc4)cc3)c3ccc(-c4cccc5oc6c(-c7cccc8c7sc7ccccc78)c7c(cc6c45)oc4ccccc47)cc3)cc2)cc1. The zero-order chi connectivity index (χ0) is 42.1. The van der Waals surface area contributed by atoms with Gasteiger partial charge in [-0.15, -0.1) is 11.3 Å². The molecule has 0 aliphatic carbocycles. The summed E-state index contributed by atoms with van der Waals surface area (Å²) in [6, 6.07) is 80.1. The number of furan rings is 2. The molecule has 0 fully saturated rings. The Bertz CT molecular complexity index is 3780. The molecule has 3 heterocycles. The lowest BCUT2D eigenvalue weighted by Gasteiger charge is -2.26. The van der Waals surface area contributed by atoms with Crippen LogP contribution in [0.4, 0.5) is 17.1 Å². The molecule has 0 radical (unpaired) electrons. The van der Waals surface area contributed by atoms with E-state index >= 15 is 0 Å². The van der Waals surface area contributed by atoms with Gasteiger partial charge in [-0.3, -0.25) is 0 Å². The van der Waals surface area contributed by atoms with Gasteiger partial charge in [0.25, 0.3) is 0 Å². The number of thiophene rings is 1. The number of fused-ring (bicyclic) bond motifs is 9. The van der Waals surface area contributed by atoms with Crippen LogP contribution in [0.1, 0.15) is 0 Å². The van der Waals surface area contributed by atoms with E-state index in [0.717, 1.165) is 83.2 Å². The Balaban J connectivity index is 0.969. The maximum Gasteiger partial charge on any atom is 0.144 e. The summed E-state index contributed by atoms with van der Waals surface area (Å²) in [5.74, 6) is 0. The predicted molar refractivity (Wildman–Crippen MR) is 270 cm³/mol. The van der Waals surface area contributed by atoms with Crippen LogP contribution >= 0.6 is 11.3 Å². The molecule has 0 saturated heterocycles. The summed E-state index contributed by atoms with van der Waals surface area (Å²) in [5, 5.41) is 6.79. The van der Waals surface area contributed by atoms with Crippen molar-refractivity contribution < 1.29 is 8.83 Å². The van der Waals surface area contributed by atoms with Crippen LogP contribution < -0.4 is 4.90 Å². The van der Waals surface area contributed by atoms with E-state index in [9.17, 15) is 0 Å². The van der Waals surface area contributed by atoms with Crippen molar-refractivity contribution in [2.75, 3.05) is 4.90 Å². The molecule has 0 saturated carbocycles. The zero-order valence-electron chi connectivity index (χ0n) is 34.5. The van der Waals surface area contributed by atoms with Crippen molar-refractivity contribution in [3.63, 3.8) is 0 Å². The van der Waals surface area contributed by atoms with E-state index in [1.54, 1.807) is 0 Å². The topological polar surface area (TPSA) is 29.5 Å². The molecule has 3 nitrogen and oxygen atoms in total. The number of rotatable bonds is 7. The number of anilines is 3. The Morgan fingerprint density at radius 3 is 1.52 bits per heavy atom. The van der Waals surface area contributed by atoms with Gasteiger partial charge in [-0.1, -0.05) is 164 Å². The molecule has 0 atom stereocenters.